The van der Waals surface area contributed by atoms with Gasteiger partial charge in [-0.1, -0.05) is 0 Å². The molecule has 1 aliphatic heterocycles. The minimum Gasteiger partial charge on any atom is -0.379 e. The van der Waals surface area contributed by atoms with Crippen molar-refractivity contribution >= 4 is 6.03 Å². The Kier molecular flexibility index (Phi) is 4.01. The van der Waals surface area contributed by atoms with Crippen LogP contribution in [0, 0.1) is 0 Å². The van der Waals surface area contributed by atoms with Crippen molar-refractivity contribution in [1.29, 1.82) is 0 Å². The Balaban J connectivity index is 1.66. The molecule has 2 fully saturated rings. The lowest BCUT2D eigenvalue weighted by Gasteiger charge is -2.27. The average molecular weight is 227 g/mol. The van der Waals surface area contributed by atoms with E-state index in [-0.39, 0.29) is 12.1 Å². The molecule has 0 spiro atoms. The Bertz CT molecular complexity index is 233. The fourth-order valence-corrected chi connectivity index (χ4v) is 2.32. The Morgan fingerprint density at radius 3 is 2.38 bits per heavy atom. The molecule has 0 radical (unpaired) electrons. The van der Waals surface area contributed by atoms with Gasteiger partial charge in [0.05, 0.1) is 12.6 Å². The number of carbonyl (C=O) groups excluding carboxylic acids is 1. The van der Waals surface area contributed by atoms with Crippen molar-refractivity contribution in [3.8, 4) is 0 Å². The maximum Gasteiger partial charge on any atom is 0.315 e. The number of carbonyl (C=O) groups is 1. The lowest BCUT2D eigenvalue weighted by atomic mass is 9.92. The van der Waals surface area contributed by atoms with Crippen LogP contribution in [0.3, 0.4) is 0 Å². The number of nitrogens with one attached hydrogen (secondary N) is 2. The highest BCUT2D eigenvalue weighted by atomic mass is 16.5. The van der Waals surface area contributed by atoms with Gasteiger partial charge in [-0.25, -0.2) is 4.79 Å². The summed E-state index contributed by atoms with van der Waals surface area (Å²) >= 11 is 0. The van der Waals surface area contributed by atoms with Crippen molar-refractivity contribution < 1.29 is 9.53 Å². The van der Waals surface area contributed by atoms with Crippen molar-refractivity contribution in [2.45, 2.75) is 50.2 Å². The molecule has 1 unspecified atom stereocenters. The van der Waals surface area contributed by atoms with Crippen molar-refractivity contribution in [3.05, 3.63) is 0 Å². The van der Waals surface area contributed by atoms with Gasteiger partial charge >= 0.3 is 6.03 Å². The molecule has 0 aromatic heterocycles. The van der Waals surface area contributed by atoms with Gasteiger partial charge < -0.3 is 21.1 Å². The third-order valence-electron chi connectivity index (χ3n) is 3.37. The van der Waals surface area contributed by atoms with Gasteiger partial charge in [0.25, 0.3) is 0 Å². The molecule has 5 nitrogen and oxygen atoms in total. The number of nitrogens with two attached hydrogens (primary N) is 1. The Morgan fingerprint density at radius 1 is 1.06 bits per heavy atom. The molecule has 16 heavy (non-hydrogen) atoms. The van der Waals surface area contributed by atoms with Crippen LogP contribution in [0.1, 0.15) is 32.1 Å². The quantitative estimate of drug-likeness (QED) is 0.637. The zero-order chi connectivity index (χ0) is 11.4. The zero-order valence-corrected chi connectivity index (χ0v) is 9.58. The number of hydrogen-bond acceptors (Lipinski definition) is 3. The number of urea groups is 1. The molecule has 2 rings (SSSR count). The van der Waals surface area contributed by atoms with Crippen molar-refractivity contribution in [1.82, 2.24) is 10.6 Å². The lowest BCUT2D eigenvalue weighted by molar-refractivity contribution is 0.187. The predicted octanol–water partition coefficient (Wildman–Crippen LogP) is 0.344. The van der Waals surface area contributed by atoms with Crippen molar-refractivity contribution in [2.24, 2.45) is 5.73 Å². The van der Waals surface area contributed by atoms with Crippen LogP contribution < -0.4 is 16.4 Å². The van der Waals surface area contributed by atoms with Crippen LogP contribution in [-0.4, -0.2) is 37.4 Å². The molecule has 0 aromatic rings. The van der Waals surface area contributed by atoms with E-state index in [2.05, 4.69) is 10.6 Å². The van der Waals surface area contributed by atoms with Gasteiger partial charge in [-0.15, -0.1) is 0 Å². The highest BCUT2D eigenvalue weighted by molar-refractivity contribution is 5.74. The van der Waals surface area contributed by atoms with E-state index in [9.17, 15) is 4.79 Å². The fourth-order valence-electron chi connectivity index (χ4n) is 2.32. The van der Waals surface area contributed by atoms with E-state index < -0.39 is 0 Å². The van der Waals surface area contributed by atoms with E-state index >= 15 is 0 Å². The first-order valence-corrected chi connectivity index (χ1v) is 6.14. The molecule has 1 saturated carbocycles. The molecule has 1 heterocycles. The van der Waals surface area contributed by atoms with Gasteiger partial charge in [-0.3, -0.25) is 0 Å². The standard InChI is InChI=1S/C11H21N3O2/c12-8-1-3-9(4-2-8)13-11(15)14-10-5-6-16-7-10/h8-10H,1-7,12H2,(H2,13,14,15). The summed E-state index contributed by atoms with van der Waals surface area (Å²) in [6.45, 7) is 1.40. The maximum absolute atomic E-state index is 11.6. The molecular weight excluding hydrogens is 206 g/mol. The summed E-state index contributed by atoms with van der Waals surface area (Å²) in [5.74, 6) is 0. The summed E-state index contributed by atoms with van der Waals surface area (Å²) in [5.41, 5.74) is 5.81. The Labute approximate surface area is 96.1 Å². The third kappa shape index (κ3) is 3.35. The van der Waals surface area contributed by atoms with E-state index in [1.165, 1.54) is 0 Å². The van der Waals surface area contributed by atoms with E-state index in [0.29, 0.717) is 18.7 Å². The molecule has 1 saturated heterocycles. The topological polar surface area (TPSA) is 76.4 Å². The highest BCUT2D eigenvalue weighted by Crippen LogP contribution is 2.16. The summed E-state index contributed by atoms with van der Waals surface area (Å²) < 4.78 is 5.20. The second kappa shape index (κ2) is 5.50. The monoisotopic (exact) mass is 227 g/mol. The van der Waals surface area contributed by atoms with Crippen LogP contribution in [0.4, 0.5) is 4.79 Å². The van der Waals surface area contributed by atoms with E-state index in [4.69, 9.17) is 10.5 Å². The molecule has 1 aliphatic carbocycles. The number of ether oxygens (including phenoxy) is 1. The molecule has 2 aliphatic rings. The highest BCUT2D eigenvalue weighted by Gasteiger charge is 2.22. The van der Waals surface area contributed by atoms with Crippen LogP contribution in [0.25, 0.3) is 0 Å². The second-order valence-corrected chi connectivity index (χ2v) is 4.79. The van der Waals surface area contributed by atoms with Gasteiger partial charge in [0.2, 0.25) is 0 Å². The summed E-state index contributed by atoms with van der Waals surface area (Å²) in [6, 6.07) is 0.744. The van der Waals surface area contributed by atoms with Gasteiger partial charge in [-0.2, -0.15) is 0 Å². The lowest BCUT2D eigenvalue weighted by Crippen LogP contribution is -2.48. The maximum atomic E-state index is 11.6. The molecular formula is C11H21N3O2. The summed E-state index contributed by atoms with van der Waals surface area (Å²) in [4.78, 5) is 11.6. The van der Waals surface area contributed by atoms with E-state index in [1.54, 1.807) is 0 Å². The number of hydrogen-bond donors (Lipinski definition) is 3. The van der Waals surface area contributed by atoms with Crippen LogP contribution >= 0.6 is 0 Å². The largest absolute Gasteiger partial charge is 0.379 e. The summed E-state index contributed by atoms with van der Waals surface area (Å²) in [6.07, 6.45) is 4.93. The number of amides is 2. The summed E-state index contributed by atoms with van der Waals surface area (Å²) in [7, 11) is 0. The van der Waals surface area contributed by atoms with Gasteiger partial charge in [0.15, 0.2) is 0 Å². The van der Waals surface area contributed by atoms with Crippen molar-refractivity contribution in [2.75, 3.05) is 13.2 Å². The van der Waals surface area contributed by atoms with Crippen LogP contribution in [0.15, 0.2) is 0 Å². The first-order chi connectivity index (χ1) is 7.74. The second-order valence-electron chi connectivity index (χ2n) is 4.79. The van der Waals surface area contributed by atoms with Crippen molar-refractivity contribution in [3.63, 3.8) is 0 Å². The van der Waals surface area contributed by atoms with E-state index in [1.807, 2.05) is 0 Å². The first kappa shape index (κ1) is 11.7. The van der Waals surface area contributed by atoms with Crippen LogP contribution in [0.2, 0.25) is 0 Å². The average Bonchev–Trinajstić information content (AvgIpc) is 2.74. The zero-order valence-electron chi connectivity index (χ0n) is 9.58. The predicted molar refractivity (Wildman–Crippen MR) is 61.1 cm³/mol. The third-order valence-corrected chi connectivity index (χ3v) is 3.37. The van der Waals surface area contributed by atoms with Gasteiger partial charge in [0.1, 0.15) is 0 Å². The first-order valence-electron chi connectivity index (χ1n) is 6.14. The minimum atomic E-state index is -0.0593. The smallest absolute Gasteiger partial charge is 0.315 e. The van der Waals surface area contributed by atoms with Crippen LogP contribution in [0.5, 0.6) is 0 Å². The molecule has 2 amide bonds. The van der Waals surface area contributed by atoms with E-state index in [0.717, 1.165) is 38.7 Å². The molecule has 5 heteroatoms. The molecule has 1 atom stereocenters. The molecule has 0 aromatic carbocycles. The number of rotatable bonds is 2. The minimum absolute atomic E-state index is 0.0593. The molecule has 4 N–H and O–H groups in total. The van der Waals surface area contributed by atoms with Gasteiger partial charge in [-0.05, 0) is 32.1 Å². The van der Waals surface area contributed by atoms with Gasteiger partial charge in [0, 0.05) is 18.7 Å². The molecule has 92 valence electrons. The molecule has 0 bridgehead atoms. The Morgan fingerprint density at radius 2 is 1.75 bits per heavy atom. The van der Waals surface area contributed by atoms with Crippen LogP contribution in [-0.2, 0) is 4.74 Å². The Hall–Kier alpha value is -0.810. The fraction of sp³-hybridized carbons (Fsp3) is 0.909. The normalized spacial score (nSPS) is 34.7. The SMILES string of the molecule is NC1CCC(NC(=O)NC2CCOC2)CC1. The summed E-state index contributed by atoms with van der Waals surface area (Å²) in [5, 5.41) is 5.94.